The minimum Gasteiger partial charge on any atom is -0.372 e. The Kier molecular flexibility index (Phi) is 5.25. The molecule has 5 nitrogen and oxygen atoms in total. The lowest BCUT2D eigenvalue weighted by Gasteiger charge is -2.52. The largest absolute Gasteiger partial charge is 0.372 e. The Labute approximate surface area is 202 Å². The van der Waals surface area contributed by atoms with E-state index in [4.69, 9.17) is 16.3 Å². The average Bonchev–Trinajstić information content (AvgIpc) is 3.25. The molecule has 4 aliphatic rings. The van der Waals surface area contributed by atoms with Crippen LogP contribution in [0.5, 0.6) is 0 Å². The van der Waals surface area contributed by atoms with Crippen LogP contribution in [0.1, 0.15) is 51.5 Å². The summed E-state index contributed by atoms with van der Waals surface area (Å²) in [6.45, 7) is 10.9. The van der Waals surface area contributed by atoms with Gasteiger partial charge in [0.05, 0.1) is 24.0 Å². The van der Waals surface area contributed by atoms with Crippen molar-refractivity contribution in [2.24, 2.45) is 10.4 Å². The molecule has 1 fully saturated rings. The van der Waals surface area contributed by atoms with Crippen LogP contribution in [0, 0.1) is 5.41 Å². The summed E-state index contributed by atoms with van der Waals surface area (Å²) < 4.78 is 6.14. The molecule has 5 heteroatoms. The van der Waals surface area contributed by atoms with E-state index in [0.29, 0.717) is 0 Å². The maximum absolute atomic E-state index is 6.14. The molecule has 0 spiro atoms. The first-order chi connectivity index (χ1) is 16.7. The zero-order chi connectivity index (χ0) is 23.3. The van der Waals surface area contributed by atoms with Gasteiger partial charge in [-0.3, -0.25) is 0 Å². The molecule has 0 aromatic heterocycles. The number of hydrogen-bond acceptors (Lipinski definition) is 5. The monoisotopic (exact) mass is 454 g/mol. The molecule has 0 radical (unpaired) electrons. The van der Waals surface area contributed by atoms with E-state index in [1.165, 1.54) is 23.2 Å². The van der Waals surface area contributed by atoms with Gasteiger partial charge in [-0.25, -0.2) is 4.99 Å². The molecule has 1 N–H and O–H groups in total. The van der Waals surface area contributed by atoms with E-state index in [1.54, 1.807) is 0 Å². The molecule has 0 amide bonds. The van der Waals surface area contributed by atoms with Gasteiger partial charge in [0.1, 0.15) is 6.17 Å². The van der Waals surface area contributed by atoms with Crippen LogP contribution in [0.15, 0.2) is 77.8 Å². The summed E-state index contributed by atoms with van der Waals surface area (Å²) in [5.74, 6) is 2.10. The molecule has 0 bridgehead atoms. The second-order valence-electron chi connectivity index (χ2n) is 9.79. The van der Waals surface area contributed by atoms with Gasteiger partial charge < -0.3 is 19.9 Å². The Morgan fingerprint density at radius 3 is 2.53 bits per heavy atom. The number of hydrogen-bond donors (Lipinski definition) is 1. The lowest BCUT2D eigenvalue weighted by atomic mass is 9.67. The van der Waals surface area contributed by atoms with Crippen molar-refractivity contribution in [3.05, 3.63) is 78.4 Å². The van der Waals surface area contributed by atoms with Crippen LogP contribution in [0.25, 0.3) is 5.57 Å². The fraction of sp³-hybridized carbons (Fsp3) is 0.414. The molecule has 2 aromatic carbocycles. The van der Waals surface area contributed by atoms with E-state index in [1.807, 2.05) is 0 Å². The summed E-state index contributed by atoms with van der Waals surface area (Å²) in [4.78, 5) is 10.3. The van der Waals surface area contributed by atoms with Gasteiger partial charge in [0.2, 0.25) is 0 Å². The number of aliphatic imine (C=N–C) groups is 1. The maximum atomic E-state index is 6.14. The third-order valence-electron chi connectivity index (χ3n) is 8.29. The Bertz CT molecular complexity index is 1160. The quantitative estimate of drug-likeness (QED) is 0.623. The molecule has 2 unspecified atom stereocenters. The number of benzene rings is 2. The molecule has 2 atom stereocenters. The summed E-state index contributed by atoms with van der Waals surface area (Å²) >= 11 is 0. The summed E-state index contributed by atoms with van der Waals surface area (Å²) in [6.07, 6.45) is 5.58. The molecule has 176 valence electrons. The van der Waals surface area contributed by atoms with Gasteiger partial charge >= 0.3 is 0 Å². The van der Waals surface area contributed by atoms with Gasteiger partial charge in [-0.05, 0) is 55.9 Å². The Morgan fingerprint density at radius 2 is 1.79 bits per heavy atom. The highest BCUT2D eigenvalue weighted by Crippen LogP contribution is 2.58. The molecular formula is C29H34N4O. The smallest absolute Gasteiger partial charge is 0.176 e. The summed E-state index contributed by atoms with van der Waals surface area (Å²) in [7, 11) is 0. The number of nitrogens with one attached hydrogen (secondary N) is 1. The van der Waals surface area contributed by atoms with Crippen molar-refractivity contribution >= 4 is 22.7 Å². The first-order valence-corrected chi connectivity index (χ1v) is 12.8. The number of anilines is 2. The van der Waals surface area contributed by atoms with Crippen LogP contribution in [-0.2, 0) is 4.74 Å². The normalized spacial score (nSPS) is 25.4. The predicted molar refractivity (Wildman–Crippen MR) is 140 cm³/mol. The van der Waals surface area contributed by atoms with Crippen molar-refractivity contribution in [2.45, 2.75) is 58.2 Å². The van der Waals surface area contributed by atoms with E-state index in [2.05, 4.69) is 83.6 Å². The zero-order valence-corrected chi connectivity index (χ0v) is 20.3. The van der Waals surface area contributed by atoms with Crippen molar-refractivity contribution < 1.29 is 4.74 Å². The zero-order valence-electron chi connectivity index (χ0n) is 20.3. The molecule has 4 heterocycles. The minimum atomic E-state index is -0.111. The van der Waals surface area contributed by atoms with E-state index in [-0.39, 0.29) is 17.7 Å². The second-order valence-corrected chi connectivity index (χ2v) is 9.79. The van der Waals surface area contributed by atoms with Gasteiger partial charge in [0.25, 0.3) is 0 Å². The molecule has 34 heavy (non-hydrogen) atoms. The highest BCUT2D eigenvalue weighted by atomic mass is 16.5. The van der Waals surface area contributed by atoms with Crippen LogP contribution in [0.3, 0.4) is 0 Å². The summed E-state index contributed by atoms with van der Waals surface area (Å²) in [5.41, 5.74) is 5.86. The molecule has 2 aromatic rings. The van der Waals surface area contributed by atoms with E-state index in [9.17, 15) is 0 Å². The Balaban J connectivity index is 1.57. The van der Waals surface area contributed by atoms with Crippen LogP contribution in [0.4, 0.5) is 11.4 Å². The highest BCUT2D eigenvalue weighted by Gasteiger charge is 2.56. The molecule has 1 saturated heterocycles. The minimum absolute atomic E-state index is 0.0696. The first-order valence-electron chi connectivity index (χ1n) is 12.8. The molecular weight excluding hydrogens is 420 g/mol. The van der Waals surface area contributed by atoms with Gasteiger partial charge in [-0.1, -0.05) is 56.8 Å². The van der Waals surface area contributed by atoms with Crippen molar-refractivity contribution in [3.8, 4) is 0 Å². The summed E-state index contributed by atoms with van der Waals surface area (Å²) in [5, 5.41) is 3.79. The van der Waals surface area contributed by atoms with Gasteiger partial charge in [-0.2, -0.15) is 0 Å². The molecule has 4 aliphatic heterocycles. The molecule has 0 saturated carbocycles. The lowest BCUT2D eigenvalue weighted by molar-refractivity contribution is 0.0576. The van der Waals surface area contributed by atoms with Crippen molar-refractivity contribution in [1.82, 2.24) is 5.32 Å². The predicted octanol–water partition coefficient (Wildman–Crippen LogP) is 5.91. The second kappa shape index (κ2) is 8.31. The summed E-state index contributed by atoms with van der Waals surface area (Å²) in [6, 6.07) is 19.4. The van der Waals surface area contributed by atoms with E-state index in [0.717, 1.165) is 61.9 Å². The fourth-order valence-corrected chi connectivity index (χ4v) is 6.39. The Hall–Kier alpha value is -3.05. The maximum Gasteiger partial charge on any atom is 0.176 e. The first kappa shape index (κ1) is 21.5. The van der Waals surface area contributed by atoms with Crippen molar-refractivity contribution in [3.63, 3.8) is 0 Å². The third-order valence-corrected chi connectivity index (χ3v) is 8.29. The Morgan fingerprint density at radius 1 is 1.03 bits per heavy atom. The third kappa shape index (κ3) is 2.99. The number of fused-ring (bicyclic) bond motifs is 4. The number of nitrogens with zero attached hydrogens (tertiary/aromatic N) is 3. The van der Waals surface area contributed by atoms with Crippen molar-refractivity contribution in [1.29, 1.82) is 0 Å². The molecule has 6 rings (SSSR count). The van der Waals surface area contributed by atoms with Gasteiger partial charge in [0.15, 0.2) is 11.6 Å². The molecule has 0 aliphatic carbocycles. The van der Waals surface area contributed by atoms with Crippen molar-refractivity contribution in [2.75, 3.05) is 23.0 Å². The average molecular weight is 455 g/mol. The van der Waals surface area contributed by atoms with Crippen LogP contribution in [0.2, 0.25) is 0 Å². The highest BCUT2D eigenvalue weighted by molar-refractivity contribution is 5.95. The van der Waals surface area contributed by atoms with Gasteiger partial charge in [0, 0.05) is 23.3 Å². The SMILES string of the molecule is C=C1c2ccccc2N2C3=C(N=C(C4CCCCO4)CN3)N(c3ccccc3)C2C1(CC)CC. The van der Waals surface area contributed by atoms with Crippen LogP contribution < -0.4 is 15.1 Å². The van der Waals surface area contributed by atoms with E-state index < -0.39 is 0 Å². The van der Waals surface area contributed by atoms with Crippen LogP contribution in [-0.4, -0.2) is 31.1 Å². The van der Waals surface area contributed by atoms with Gasteiger partial charge in [-0.15, -0.1) is 0 Å². The topological polar surface area (TPSA) is 40.1 Å². The lowest BCUT2D eigenvalue weighted by Crippen LogP contribution is -2.56. The van der Waals surface area contributed by atoms with E-state index >= 15 is 0 Å². The number of ether oxygens (including phenoxy) is 1. The number of para-hydroxylation sites is 2. The fourth-order valence-electron chi connectivity index (χ4n) is 6.39. The standard InChI is InChI=1S/C29H34N4O/c1-4-29(5-2)20(3)22-15-9-10-16-24(22)33-26-27(32(28(29)33)21-13-7-6-8-14-21)31-23(19-30-26)25-17-11-12-18-34-25/h6-10,13-16,25,28,30H,3-5,11-12,17-19H2,1-2H3. The number of rotatable bonds is 4. The van der Waals surface area contributed by atoms with Crippen LogP contribution >= 0.6 is 0 Å².